The van der Waals surface area contributed by atoms with E-state index in [1.807, 2.05) is 5.38 Å². The average molecular weight is 249 g/mol. The van der Waals surface area contributed by atoms with Crippen LogP contribution in [-0.2, 0) is 0 Å². The molecule has 2 aromatic heterocycles. The number of thiazole rings is 1. The zero-order chi connectivity index (χ0) is 11.8. The van der Waals surface area contributed by atoms with Gasteiger partial charge >= 0.3 is 0 Å². The SMILES string of the molecule is NC(=O)c1cnn2c1NCCC2c1nccs1. The van der Waals surface area contributed by atoms with Crippen LogP contribution in [0, 0.1) is 0 Å². The highest BCUT2D eigenvalue weighted by Gasteiger charge is 2.27. The van der Waals surface area contributed by atoms with Gasteiger partial charge in [0.1, 0.15) is 22.4 Å². The van der Waals surface area contributed by atoms with Gasteiger partial charge in [-0.1, -0.05) is 0 Å². The zero-order valence-corrected chi connectivity index (χ0v) is 9.78. The molecule has 0 aliphatic carbocycles. The van der Waals surface area contributed by atoms with Crippen LogP contribution in [0.1, 0.15) is 27.8 Å². The smallest absolute Gasteiger partial charge is 0.254 e. The Bertz CT molecular complexity index is 547. The molecule has 3 heterocycles. The maximum atomic E-state index is 11.2. The van der Waals surface area contributed by atoms with Crippen LogP contribution in [0.5, 0.6) is 0 Å². The summed E-state index contributed by atoms with van der Waals surface area (Å²) in [5, 5.41) is 10.3. The molecule has 3 rings (SSSR count). The van der Waals surface area contributed by atoms with Crippen LogP contribution < -0.4 is 11.1 Å². The molecule has 0 aromatic carbocycles. The number of aromatic nitrogens is 3. The van der Waals surface area contributed by atoms with E-state index in [1.54, 1.807) is 22.2 Å². The van der Waals surface area contributed by atoms with Crippen molar-refractivity contribution in [2.45, 2.75) is 12.5 Å². The normalized spacial score (nSPS) is 18.5. The maximum absolute atomic E-state index is 11.2. The van der Waals surface area contributed by atoms with Gasteiger partial charge in [0.15, 0.2) is 0 Å². The van der Waals surface area contributed by atoms with Crippen LogP contribution in [0.4, 0.5) is 5.82 Å². The van der Waals surface area contributed by atoms with E-state index in [1.165, 1.54) is 6.20 Å². The van der Waals surface area contributed by atoms with Crippen molar-refractivity contribution >= 4 is 23.1 Å². The average Bonchev–Trinajstić information content (AvgIpc) is 2.97. The van der Waals surface area contributed by atoms with Gasteiger partial charge < -0.3 is 11.1 Å². The number of hydrogen-bond acceptors (Lipinski definition) is 5. The molecule has 0 radical (unpaired) electrons. The first kappa shape index (κ1) is 10.3. The fourth-order valence-electron chi connectivity index (χ4n) is 2.03. The predicted molar refractivity (Wildman–Crippen MR) is 64.1 cm³/mol. The maximum Gasteiger partial charge on any atom is 0.254 e. The molecule has 3 N–H and O–H groups in total. The second-order valence-electron chi connectivity index (χ2n) is 3.82. The molecular weight excluding hydrogens is 238 g/mol. The summed E-state index contributed by atoms with van der Waals surface area (Å²) in [5.74, 6) is 0.238. The highest BCUT2D eigenvalue weighted by Crippen LogP contribution is 2.31. The first-order valence-corrected chi connectivity index (χ1v) is 6.16. The summed E-state index contributed by atoms with van der Waals surface area (Å²) in [5.41, 5.74) is 5.74. The lowest BCUT2D eigenvalue weighted by molar-refractivity contribution is 0.100. The Balaban J connectivity index is 2.06. The van der Waals surface area contributed by atoms with Gasteiger partial charge in [-0.25, -0.2) is 9.67 Å². The van der Waals surface area contributed by atoms with Crippen molar-refractivity contribution in [2.24, 2.45) is 5.73 Å². The Kier molecular flexibility index (Phi) is 2.32. The Morgan fingerprint density at radius 1 is 1.65 bits per heavy atom. The van der Waals surface area contributed by atoms with Crippen molar-refractivity contribution in [1.29, 1.82) is 0 Å². The van der Waals surface area contributed by atoms with Crippen molar-refractivity contribution < 1.29 is 4.79 Å². The Morgan fingerprint density at radius 3 is 3.24 bits per heavy atom. The molecule has 0 saturated heterocycles. The van der Waals surface area contributed by atoms with Crippen LogP contribution in [0.15, 0.2) is 17.8 Å². The molecule has 1 unspecified atom stereocenters. The minimum Gasteiger partial charge on any atom is -0.369 e. The lowest BCUT2D eigenvalue weighted by Gasteiger charge is -2.24. The van der Waals surface area contributed by atoms with Crippen molar-refractivity contribution in [1.82, 2.24) is 14.8 Å². The molecule has 1 aliphatic heterocycles. The minimum atomic E-state index is -0.460. The van der Waals surface area contributed by atoms with Crippen LogP contribution >= 0.6 is 11.3 Å². The molecule has 0 bridgehead atoms. The number of nitrogens with zero attached hydrogens (tertiary/aromatic N) is 3. The molecule has 1 atom stereocenters. The third-order valence-corrected chi connectivity index (χ3v) is 3.68. The minimum absolute atomic E-state index is 0.0966. The number of anilines is 1. The monoisotopic (exact) mass is 249 g/mol. The molecule has 6 nitrogen and oxygen atoms in total. The molecule has 0 fully saturated rings. The number of fused-ring (bicyclic) bond motifs is 1. The Hall–Kier alpha value is -1.89. The quantitative estimate of drug-likeness (QED) is 0.826. The van der Waals surface area contributed by atoms with Crippen LogP contribution in [0.2, 0.25) is 0 Å². The largest absolute Gasteiger partial charge is 0.369 e. The van der Waals surface area contributed by atoms with Crippen LogP contribution in [0.3, 0.4) is 0 Å². The molecule has 7 heteroatoms. The standard InChI is InChI=1S/C10H11N5OS/c11-8(16)6-5-14-15-7(1-2-12-9(6)15)10-13-3-4-17-10/h3-5,7,12H,1-2H2,(H2,11,16). The van der Waals surface area contributed by atoms with Gasteiger partial charge in [0.25, 0.3) is 5.91 Å². The van der Waals surface area contributed by atoms with Crippen LogP contribution in [-0.4, -0.2) is 27.2 Å². The van der Waals surface area contributed by atoms with Crippen molar-refractivity contribution in [3.8, 4) is 0 Å². The summed E-state index contributed by atoms with van der Waals surface area (Å²) in [6, 6.07) is 0.0966. The summed E-state index contributed by atoms with van der Waals surface area (Å²) in [4.78, 5) is 15.5. The summed E-state index contributed by atoms with van der Waals surface area (Å²) in [6.07, 6.45) is 4.19. The Morgan fingerprint density at radius 2 is 2.53 bits per heavy atom. The number of nitrogens with one attached hydrogen (secondary N) is 1. The van der Waals surface area contributed by atoms with Gasteiger partial charge in [-0.3, -0.25) is 4.79 Å². The van der Waals surface area contributed by atoms with Crippen molar-refractivity contribution in [3.63, 3.8) is 0 Å². The summed E-state index contributed by atoms with van der Waals surface area (Å²) >= 11 is 1.59. The lowest BCUT2D eigenvalue weighted by atomic mass is 10.1. The third kappa shape index (κ3) is 1.59. The topological polar surface area (TPSA) is 85.8 Å². The third-order valence-electron chi connectivity index (χ3n) is 2.80. The van der Waals surface area contributed by atoms with Gasteiger partial charge in [0, 0.05) is 18.1 Å². The molecule has 2 aromatic rings. The highest BCUT2D eigenvalue weighted by atomic mass is 32.1. The first-order chi connectivity index (χ1) is 8.27. The van der Waals surface area contributed by atoms with E-state index in [2.05, 4.69) is 15.4 Å². The van der Waals surface area contributed by atoms with E-state index >= 15 is 0 Å². The lowest BCUT2D eigenvalue weighted by Crippen LogP contribution is -2.26. The molecule has 0 saturated carbocycles. The van der Waals surface area contributed by atoms with Crippen molar-refractivity contribution in [2.75, 3.05) is 11.9 Å². The van der Waals surface area contributed by atoms with Crippen LogP contribution in [0.25, 0.3) is 0 Å². The molecule has 1 aliphatic rings. The number of amides is 1. The summed E-state index contributed by atoms with van der Waals surface area (Å²) in [6.45, 7) is 0.788. The number of rotatable bonds is 2. The number of hydrogen-bond donors (Lipinski definition) is 2. The number of carbonyl (C=O) groups excluding carboxylic acids is 1. The molecule has 88 valence electrons. The zero-order valence-electron chi connectivity index (χ0n) is 8.96. The number of carbonyl (C=O) groups is 1. The highest BCUT2D eigenvalue weighted by molar-refractivity contribution is 7.09. The molecular formula is C10H11N5OS. The molecule has 0 spiro atoms. The Labute approximate surface area is 101 Å². The van der Waals surface area contributed by atoms with Gasteiger partial charge in [-0.15, -0.1) is 11.3 Å². The second kappa shape index (κ2) is 3.85. The summed E-state index contributed by atoms with van der Waals surface area (Å²) < 4.78 is 1.79. The molecule has 17 heavy (non-hydrogen) atoms. The van der Waals surface area contributed by atoms with E-state index in [0.717, 1.165) is 18.0 Å². The van der Waals surface area contributed by atoms with Gasteiger partial charge in [0.05, 0.1) is 6.20 Å². The van der Waals surface area contributed by atoms with E-state index in [0.29, 0.717) is 11.4 Å². The van der Waals surface area contributed by atoms with Crippen molar-refractivity contribution in [3.05, 3.63) is 28.3 Å². The van der Waals surface area contributed by atoms with Gasteiger partial charge in [-0.2, -0.15) is 5.10 Å². The second-order valence-corrected chi connectivity index (χ2v) is 4.74. The number of nitrogens with two attached hydrogens (primary N) is 1. The van der Waals surface area contributed by atoms with Gasteiger partial charge in [-0.05, 0) is 6.42 Å². The van der Waals surface area contributed by atoms with E-state index in [4.69, 9.17) is 5.73 Å². The van der Waals surface area contributed by atoms with Gasteiger partial charge in [0.2, 0.25) is 0 Å². The fourth-order valence-corrected chi connectivity index (χ4v) is 2.79. The van der Waals surface area contributed by atoms with E-state index in [9.17, 15) is 4.79 Å². The summed E-state index contributed by atoms with van der Waals surface area (Å²) in [7, 11) is 0. The predicted octanol–water partition coefficient (Wildman–Crippen LogP) is 0.843. The number of primary amides is 1. The fraction of sp³-hybridized carbons (Fsp3) is 0.300. The van der Waals surface area contributed by atoms with E-state index in [-0.39, 0.29) is 6.04 Å². The first-order valence-electron chi connectivity index (χ1n) is 5.28. The van der Waals surface area contributed by atoms with E-state index < -0.39 is 5.91 Å². The molecule has 1 amide bonds.